The molecule has 3 N–H and O–H groups in total. The molecule has 0 aromatic heterocycles. The van der Waals surface area contributed by atoms with E-state index in [1.54, 1.807) is 11.9 Å². The summed E-state index contributed by atoms with van der Waals surface area (Å²) >= 11 is 0. The van der Waals surface area contributed by atoms with Gasteiger partial charge in [-0.05, 0) is 20.3 Å². The van der Waals surface area contributed by atoms with Crippen molar-refractivity contribution in [2.75, 3.05) is 20.1 Å². The Morgan fingerprint density at radius 3 is 2.67 bits per heavy atom. The van der Waals surface area contributed by atoms with Gasteiger partial charge in [-0.25, -0.2) is 4.79 Å². The third-order valence-electron chi connectivity index (χ3n) is 1.70. The Kier molecular flexibility index (Phi) is 5.45. The normalized spacial score (nSPS) is 12.3. The van der Waals surface area contributed by atoms with Crippen molar-refractivity contribution in [2.45, 2.75) is 26.3 Å². The molecule has 0 bridgehead atoms. The molecule has 0 fully saturated rings. The van der Waals surface area contributed by atoms with Gasteiger partial charge in [0, 0.05) is 26.2 Å². The summed E-state index contributed by atoms with van der Waals surface area (Å²) in [4.78, 5) is 12.8. The molecule has 0 saturated heterocycles. The van der Waals surface area contributed by atoms with Crippen LogP contribution in [0.2, 0.25) is 0 Å². The average molecular weight is 173 g/mol. The van der Waals surface area contributed by atoms with Gasteiger partial charge in [-0.15, -0.1) is 0 Å². The summed E-state index contributed by atoms with van der Waals surface area (Å²) in [7, 11) is 1.77. The minimum atomic E-state index is -0.0295. The third-order valence-corrected chi connectivity index (χ3v) is 1.70. The van der Waals surface area contributed by atoms with Gasteiger partial charge in [0.1, 0.15) is 0 Å². The highest BCUT2D eigenvalue weighted by Gasteiger charge is 2.04. The van der Waals surface area contributed by atoms with Crippen LogP contribution in [0.25, 0.3) is 0 Å². The van der Waals surface area contributed by atoms with Crippen LogP contribution in [0.1, 0.15) is 20.3 Å². The lowest BCUT2D eigenvalue weighted by Crippen LogP contribution is -2.38. The second-order valence-electron chi connectivity index (χ2n) is 3.01. The third kappa shape index (κ3) is 4.96. The second-order valence-corrected chi connectivity index (χ2v) is 3.01. The van der Waals surface area contributed by atoms with E-state index in [4.69, 9.17) is 5.73 Å². The molecule has 0 aliphatic heterocycles. The molecule has 1 unspecified atom stereocenters. The Labute approximate surface area is 74.1 Å². The van der Waals surface area contributed by atoms with Crippen LogP contribution in [-0.2, 0) is 0 Å². The number of amides is 2. The molecule has 4 heteroatoms. The first kappa shape index (κ1) is 11.2. The highest BCUT2D eigenvalue weighted by molar-refractivity contribution is 5.73. The maximum Gasteiger partial charge on any atom is 0.317 e. The first-order chi connectivity index (χ1) is 5.57. The van der Waals surface area contributed by atoms with E-state index in [1.165, 1.54) is 0 Å². The fraction of sp³-hybridized carbons (Fsp3) is 0.875. The van der Waals surface area contributed by atoms with Gasteiger partial charge in [0.2, 0.25) is 0 Å². The topological polar surface area (TPSA) is 58.4 Å². The van der Waals surface area contributed by atoms with E-state index in [0.29, 0.717) is 6.54 Å². The van der Waals surface area contributed by atoms with Crippen LogP contribution in [-0.4, -0.2) is 37.1 Å². The molecular weight excluding hydrogens is 154 g/mol. The molecular formula is C8H19N3O. The molecule has 0 aliphatic rings. The van der Waals surface area contributed by atoms with Gasteiger partial charge in [0.15, 0.2) is 0 Å². The summed E-state index contributed by atoms with van der Waals surface area (Å²) in [5.74, 6) is 0. The molecule has 1 atom stereocenters. The predicted octanol–water partition coefficient (Wildman–Crippen LogP) is 0.385. The van der Waals surface area contributed by atoms with E-state index in [2.05, 4.69) is 5.32 Å². The van der Waals surface area contributed by atoms with Crippen molar-refractivity contribution in [3.05, 3.63) is 0 Å². The number of urea groups is 1. The quantitative estimate of drug-likeness (QED) is 0.646. The zero-order valence-electron chi connectivity index (χ0n) is 8.13. The van der Waals surface area contributed by atoms with E-state index in [-0.39, 0.29) is 12.1 Å². The molecule has 0 aliphatic carbocycles. The summed E-state index contributed by atoms with van der Waals surface area (Å²) < 4.78 is 0. The molecule has 0 rings (SSSR count). The van der Waals surface area contributed by atoms with E-state index in [9.17, 15) is 4.79 Å². The maximum atomic E-state index is 11.1. The number of rotatable bonds is 4. The van der Waals surface area contributed by atoms with Crippen LogP contribution in [0, 0.1) is 0 Å². The SMILES string of the molecule is CCN(C)C(=O)NCCC(C)N. The molecule has 2 amide bonds. The Morgan fingerprint density at radius 1 is 1.67 bits per heavy atom. The highest BCUT2D eigenvalue weighted by Crippen LogP contribution is 1.85. The predicted molar refractivity (Wildman–Crippen MR) is 50.0 cm³/mol. The summed E-state index contributed by atoms with van der Waals surface area (Å²) in [5, 5.41) is 2.77. The number of hydrogen-bond acceptors (Lipinski definition) is 2. The number of nitrogens with two attached hydrogens (primary N) is 1. The molecule has 0 aromatic rings. The van der Waals surface area contributed by atoms with Gasteiger partial charge in [-0.3, -0.25) is 0 Å². The Balaban J connectivity index is 3.44. The molecule has 72 valence electrons. The lowest BCUT2D eigenvalue weighted by molar-refractivity contribution is 0.211. The molecule has 0 saturated carbocycles. The summed E-state index contributed by atoms with van der Waals surface area (Å²) in [5.41, 5.74) is 5.52. The number of nitrogens with zero attached hydrogens (tertiary/aromatic N) is 1. The zero-order chi connectivity index (χ0) is 9.56. The lowest BCUT2D eigenvalue weighted by atomic mass is 10.2. The van der Waals surface area contributed by atoms with Crippen LogP contribution in [0.15, 0.2) is 0 Å². The number of nitrogens with one attached hydrogen (secondary N) is 1. The van der Waals surface area contributed by atoms with Gasteiger partial charge in [0.05, 0.1) is 0 Å². The lowest BCUT2D eigenvalue weighted by Gasteiger charge is -2.15. The standard InChI is InChI=1S/C8H19N3O/c1-4-11(3)8(12)10-6-5-7(2)9/h7H,4-6,9H2,1-3H3,(H,10,12). The summed E-state index contributed by atoms with van der Waals surface area (Å²) in [6.07, 6.45) is 0.823. The first-order valence-corrected chi connectivity index (χ1v) is 4.32. The van der Waals surface area contributed by atoms with Gasteiger partial charge in [0.25, 0.3) is 0 Å². The van der Waals surface area contributed by atoms with E-state index < -0.39 is 0 Å². The fourth-order valence-corrected chi connectivity index (χ4v) is 0.685. The molecule has 12 heavy (non-hydrogen) atoms. The van der Waals surface area contributed by atoms with Crippen LogP contribution in [0.4, 0.5) is 4.79 Å². The van der Waals surface area contributed by atoms with Crippen molar-refractivity contribution >= 4 is 6.03 Å². The van der Waals surface area contributed by atoms with Gasteiger partial charge in [-0.2, -0.15) is 0 Å². The summed E-state index contributed by atoms with van der Waals surface area (Å²) in [6, 6.07) is 0.121. The van der Waals surface area contributed by atoms with Crippen LogP contribution in [0.5, 0.6) is 0 Å². The van der Waals surface area contributed by atoms with Crippen molar-refractivity contribution < 1.29 is 4.79 Å². The number of carbonyl (C=O) groups excluding carboxylic acids is 1. The maximum absolute atomic E-state index is 11.1. The van der Waals surface area contributed by atoms with Gasteiger partial charge in [-0.1, -0.05) is 0 Å². The molecule has 4 nitrogen and oxygen atoms in total. The minimum absolute atomic E-state index is 0.0295. The zero-order valence-corrected chi connectivity index (χ0v) is 8.13. The minimum Gasteiger partial charge on any atom is -0.338 e. The molecule has 0 aromatic carbocycles. The van der Waals surface area contributed by atoms with E-state index in [1.807, 2.05) is 13.8 Å². The Morgan fingerprint density at radius 2 is 2.25 bits per heavy atom. The van der Waals surface area contributed by atoms with E-state index >= 15 is 0 Å². The van der Waals surface area contributed by atoms with Crippen molar-refractivity contribution in [1.82, 2.24) is 10.2 Å². The Hall–Kier alpha value is -0.770. The van der Waals surface area contributed by atoms with Crippen LogP contribution in [0.3, 0.4) is 0 Å². The first-order valence-electron chi connectivity index (χ1n) is 4.32. The monoisotopic (exact) mass is 173 g/mol. The molecule has 0 spiro atoms. The van der Waals surface area contributed by atoms with Crippen molar-refractivity contribution in [1.29, 1.82) is 0 Å². The molecule has 0 heterocycles. The smallest absolute Gasteiger partial charge is 0.317 e. The Bertz CT molecular complexity index is 136. The largest absolute Gasteiger partial charge is 0.338 e. The van der Waals surface area contributed by atoms with Crippen LogP contribution >= 0.6 is 0 Å². The van der Waals surface area contributed by atoms with Crippen molar-refractivity contribution in [3.8, 4) is 0 Å². The summed E-state index contributed by atoms with van der Waals surface area (Å²) in [6.45, 7) is 5.24. The number of carbonyl (C=O) groups is 1. The van der Waals surface area contributed by atoms with Crippen molar-refractivity contribution in [3.63, 3.8) is 0 Å². The van der Waals surface area contributed by atoms with Crippen LogP contribution < -0.4 is 11.1 Å². The van der Waals surface area contributed by atoms with Gasteiger partial charge < -0.3 is 16.0 Å². The number of hydrogen-bond donors (Lipinski definition) is 2. The fourth-order valence-electron chi connectivity index (χ4n) is 0.685. The second kappa shape index (κ2) is 5.83. The molecule has 0 radical (unpaired) electrons. The average Bonchev–Trinajstić information content (AvgIpc) is 2.02. The van der Waals surface area contributed by atoms with E-state index in [0.717, 1.165) is 13.0 Å². The van der Waals surface area contributed by atoms with Gasteiger partial charge >= 0.3 is 6.03 Å². The van der Waals surface area contributed by atoms with Crippen molar-refractivity contribution in [2.24, 2.45) is 5.73 Å². The highest BCUT2D eigenvalue weighted by atomic mass is 16.2.